The van der Waals surface area contributed by atoms with E-state index in [0.717, 1.165) is 10.9 Å². The first-order valence-electron chi connectivity index (χ1n) is 12.2. The first-order chi connectivity index (χ1) is 20.0. The molecule has 2 fully saturated rings. The highest BCUT2D eigenvalue weighted by Crippen LogP contribution is 2.49. The van der Waals surface area contributed by atoms with Gasteiger partial charge >= 0.3 is 13.5 Å². The number of hydrogen-bond acceptors (Lipinski definition) is 17. The van der Waals surface area contributed by atoms with Crippen molar-refractivity contribution >= 4 is 30.9 Å². The van der Waals surface area contributed by atoms with E-state index >= 15 is 0 Å². The summed E-state index contributed by atoms with van der Waals surface area (Å²) in [6.45, 7) is -1.35. The lowest BCUT2D eigenvalue weighted by atomic mass is 10.1. The van der Waals surface area contributed by atoms with Gasteiger partial charge in [0.15, 0.2) is 23.6 Å². The van der Waals surface area contributed by atoms with Crippen molar-refractivity contribution in [2.45, 2.75) is 49.1 Å². The Kier molecular flexibility index (Phi) is 8.40. The number of nitrogen functional groups attached to an aromatic ring is 2. The molecule has 0 spiro atoms. The third kappa shape index (κ3) is 5.54. The molecule has 8 N–H and O–H groups in total. The van der Waals surface area contributed by atoms with Gasteiger partial charge in [-0.25, -0.2) is 19.3 Å². The molecule has 0 aliphatic carbocycles. The van der Waals surface area contributed by atoms with Crippen molar-refractivity contribution in [1.29, 1.82) is 0 Å². The smallest absolute Gasteiger partial charge is 0.394 e. The Morgan fingerprint density at radius 3 is 2.36 bits per heavy atom. The van der Waals surface area contributed by atoms with Crippen molar-refractivity contribution < 1.29 is 47.7 Å². The average Bonchev–Trinajstić information content (AvgIpc) is 3.60. The molecule has 21 nitrogen and oxygen atoms in total. The van der Waals surface area contributed by atoms with Crippen molar-refractivity contribution in [3.63, 3.8) is 0 Å². The maximum absolute atomic E-state index is 13.0. The summed E-state index contributed by atoms with van der Waals surface area (Å²) >= 11 is 0. The van der Waals surface area contributed by atoms with Gasteiger partial charge < -0.3 is 45.5 Å². The molecular weight excluding hydrogens is 589 g/mol. The van der Waals surface area contributed by atoms with Crippen LogP contribution in [0.3, 0.4) is 0 Å². The summed E-state index contributed by atoms with van der Waals surface area (Å²) in [6.07, 6.45) is -7.57. The van der Waals surface area contributed by atoms with E-state index in [1.54, 1.807) is 0 Å². The Bertz CT molecular complexity index is 1600. The van der Waals surface area contributed by atoms with E-state index in [1.165, 1.54) is 25.1 Å². The number of hydrogen-bond donors (Lipinski definition) is 6. The molecule has 5 heterocycles. The van der Waals surface area contributed by atoms with Gasteiger partial charge in [-0.1, -0.05) is 0 Å². The maximum Gasteiger partial charge on any atom is 0.472 e. The van der Waals surface area contributed by atoms with Crippen molar-refractivity contribution in [1.82, 2.24) is 34.1 Å². The number of nitrogens with zero attached hydrogens (tertiary/aromatic N) is 6. The summed E-state index contributed by atoms with van der Waals surface area (Å²) in [5.41, 5.74) is 9.61. The van der Waals surface area contributed by atoms with E-state index in [4.69, 9.17) is 39.5 Å². The predicted octanol–water partition coefficient (Wildman–Crippen LogP) is -3.38. The molecule has 0 radical (unpaired) electrons. The van der Waals surface area contributed by atoms with Crippen LogP contribution in [0.4, 0.5) is 11.9 Å². The molecule has 5 rings (SSSR count). The average molecular weight is 617 g/mol. The van der Waals surface area contributed by atoms with Crippen LogP contribution in [0.2, 0.25) is 0 Å². The quantitative estimate of drug-likeness (QED) is 0.121. The molecule has 42 heavy (non-hydrogen) atoms. The van der Waals surface area contributed by atoms with Gasteiger partial charge in [0.1, 0.15) is 43.0 Å². The fourth-order valence-electron chi connectivity index (χ4n) is 4.80. The van der Waals surface area contributed by atoms with Gasteiger partial charge in [0, 0.05) is 14.2 Å². The number of H-pyrrole nitrogens is 1. The van der Waals surface area contributed by atoms with Crippen LogP contribution in [0.1, 0.15) is 12.5 Å². The Labute approximate surface area is 234 Å². The van der Waals surface area contributed by atoms with E-state index in [2.05, 4.69) is 24.9 Å². The highest BCUT2D eigenvalue weighted by atomic mass is 31.2. The van der Waals surface area contributed by atoms with Gasteiger partial charge in [0.2, 0.25) is 11.9 Å². The topological polar surface area (TPSA) is 297 Å². The molecule has 2 saturated heterocycles. The molecule has 0 amide bonds. The molecule has 230 valence electrons. The van der Waals surface area contributed by atoms with Crippen LogP contribution in [-0.2, 0) is 32.6 Å². The zero-order valence-electron chi connectivity index (χ0n) is 22.0. The number of methoxy groups -OCH3 is 2. The van der Waals surface area contributed by atoms with Gasteiger partial charge in [-0.15, -0.1) is 0 Å². The molecule has 0 saturated carbocycles. The number of ether oxygens (including phenoxy) is 4. The monoisotopic (exact) mass is 617 g/mol. The van der Waals surface area contributed by atoms with E-state index in [-0.39, 0.29) is 23.1 Å². The van der Waals surface area contributed by atoms with Crippen molar-refractivity contribution in [2.75, 3.05) is 38.9 Å². The minimum Gasteiger partial charge on any atom is -0.394 e. The first-order valence-corrected chi connectivity index (χ1v) is 13.7. The number of fused-ring (bicyclic) bond motifs is 1. The van der Waals surface area contributed by atoms with E-state index in [0.29, 0.717) is 0 Å². The van der Waals surface area contributed by atoms with E-state index in [1.807, 2.05) is 0 Å². The number of aliphatic hydroxyl groups is 2. The molecule has 9 atom stereocenters. The van der Waals surface area contributed by atoms with Crippen LogP contribution in [-0.4, -0.2) is 113 Å². The van der Waals surface area contributed by atoms with Crippen molar-refractivity contribution in [2.24, 2.45) is 0 Å². The Balaban J connectivity index is 1.31. The maximum atomic E-state index is 13.0. The second-order valence-electron chi connectivity index (χ2n) is 9.22. The molecule has 3 aromatic heterocycles. The third-order valence-electron chi connectivity index (χ3n) is 6.72. The SMILES string of the molecule is CO[C@H]1C(O)[C@@H](COP(=O)(O)OC2[C@@H](CO)O[C@@H](n3cnc4c(=O)[nH]c(N)nc43)[C@H]2OC)O[C@H]1n1cnc(N)nc1=O. The number of phosphoric ester groups is 1. The van der Waals surface area contributed by atoms with Gasteiger partial charge in [-0.2, -0.15) is 9.97 Å². The molecule has 22 heteroatoms. The summed E-state index contributed by atoms with van der Waals surface area (Å²) in [6, 6.07) is 0. The predicted molar refractivity (Wildman–Crippen MR) is 136 cm³/mol. The van der Waals surface area contributed by atoms with Crippen LogP contribution >= 0.6 is 7.82 Å². The highest BCUT2D eigenvalue weighted by Gasteiger charge is 2.51. The van der Waals surface area contributed by atoms with Crippen molar-refractivity contribution in [3.05, 3.63) is 33.5 Å². The second kappa shape index (κ2) is 11.7. The largest absolute Gasteiger partial charge is 0.472 e. The summed E-state index contributed by atoms with van der Waals surface area (Å²) in [7, 11) is -2.42. The minimum atomic E-state index is -4.95. The lowest BCUT2D eigenvalue weighted by molar-refractivity contribution is -0.0665. The molecule has 3 unspecified atom stereocenters. The standard InChI is InChI=1S/C20H28N9O12P/c1-36-12-10(31)8(40-16(12)29-6-24-18(21)27-20(29)33)4-38-42(34,35)41-11-7(3-30)39-17(13(11)37-2)28-5-23-9-14(28)25-19(22)26-15(9)32/h5-8,10-13,16-17,30-31H,3-4H2,1-2H3,(H,34,35)(H2,21,27,33)(H3,22,25,26,32)/t7-,8-,10?,11?,12+,13+,16-,17-/m1/s1. The molecule has 3 aromatic rings. The van der Waals surface area contributed by atoms with Gasteiger partial charge in [0.05, 0.1) is 19.5 Å². The fourth-order valence-corrected chi connectivity index (χ4v) is 5.76. The highest BCUT2D eigenvalue weighted by molar-refractivity contribution is 7.47. The van der Waals surface area contributed by atoms with E-state index < -0.39 is 81.4 Å². The molecule has 0 aromatic carbocycles. The Hall–Kier alpha value is -3.37. The number of nitrogens with one attached hydrogen (secondary N) is 1. The number of aromatic nitrogens is 7. The third-order valence-corrected chi connectivity index (χ3v) is 7.71. The zero-order chi connectivity index (χ0) is 30.3. The summed E-state index contributed by atoms with van der Waals surface area (Å²) < 4.78 is 47.9. The van der Waals surface area contributed by atoms with E-state index in [9.17, 15) is 29.3 Å². The zero-order valence-corrected chi connectivity index (χ0v) is 22.9. The number of aromatic amines is 1. The molecular formula is C20H28N9O12P. The van der Waals surface area contributed by atoms with Crippen LogP contribution in [0.15, 0.2) is 22.2 Å². The first kappa shape index (κ1) is 30.1. The van der Waals surface area contributed by atoms with Gasteiger partial charge in [0.25, 0.3) is 5.56 Å². The summed E-state index contributed by atoms with van der Waals surface area (Å²) in [5.74, 6) is -0.463. The number of rotatable bonds is 10. The fraction of sp³-hybridized carbons (Fsp3) is 0.600. The second-order valence-corrected chi connectivity index (χ2v) is 10.6. The van der Waals surface area contributed by atoms with Crippen LogP contribution in [0.25, 0.3) is 11.2 Å². The number of aliphatic hydroxyl groups excluding tert-OH is 2. The Morgan fingerprint density at radius 1 is 1.02 bits per heavy atom. The summed E-state index contributed by atoms with van der Waals surface area (Å²) in [5, 5.41) is 20.6. The lowest BCUT2D eigenvalue weighted by Gasteiger charge is -2.25. The lowest BCUT2D eigenvalue weighted by Crippen LogP contribution is -2.38. The molecule has 2 aliphatic rings. The van der Waals surface area contributed by atoms with Crippen LogP contribution in [0, 0.1) is 0 Å². The van der Waals surface area contributed by atoms with Gasteiger partial charge in [-0.05, 0) is 0 Å². The van der Waals surface area contributed by atoms with Crippen LogP contribution < -0.4 is 22.7 Å². The van der Waals surface area contributed by atoms with Crippen molar-refractivity contribution in [3.8, 4) is 0 Å². The Morgan fingerprint density at radius 2 is 1.69 bits per heavy atom. The number of nitrogens with two attached hydrogens (primary N) is 2. The normalized spacial score (nSPS) is 31.1. The molecule has 0 bridgehead atoms. The summed E-state index contributed by atoms with van der Waals surface area (Å²) in [4.78, 5) is 52.6. The number of imidazole rings is 1. The van der Waals surface area contributed by atoms with Crippen LogP contribution in [0.5, 0.6) is 0 Å². The molecule has 2 aliphatic heterocycles. The number of anilines is 2. The number of phosphoric acid groups is 1. The minimum absolute atomic E-state index is 0.0318. The van der Waals surface area contributed by atoms with Gasteiger partial charge in [-0.3, -0.25) is 28.0 Å².